The second kappa shape index (κ2) is 5.95. The van der Waals surface area contributed by atoms with Gasteiger partial charge in [-0.15, -0.1) is 0 Å². The van der Waals surface area contributed by atoms with Crippen molar-refractivity contribution >= 4 is 15.8 Å². The number of rotatable bonds is 5. The van der Waals surface area contributed by atoms with E-state index in [9.17, 15) is 8.42 Å². The molecule has 2 rings (SSSR count). The summed E-state index contributed by atoms with van der Waals surface area (Å²) in [7, 11) is -3.67. The first-order valence-corrected chi connectivity index (χ1v) is 7.37. The molecule has 0 aromatic carbocycles. The lowest BCUT2D eigenvalue weighted by molar-refractivity contribution is 0.564. The number of hydrogen-bond donors (Lipinski definition) is 3. The van der Waals surface area contributed by atoms with Crippen LogP contribution < -0.4 is 16.0 Å². The Labute approximate surface area is 117 Å². The fourth-order valence-corrected chi connectivity index (χ4v) is 2.88. The van der Waals surface area contributed by atoms with E-state index in [1.54, 1.807) is 31.3 Å². The number of nitrogen functional groups attached to an aromatic ring is 1. The molecule has 1 atom stereocenters. The molecular weight excluding hydrogens is 278 g/mol. The van der Waals surface area contributed by atoms with Gasteiger partial charge >= 0.3 is 0 Å². The maximum atomic E-state index is 12.2. The van der Waals surface area contributed by atoms with Crippen molar-refractivity contribution in [3.05, 3.63) is 48.4 Å². The van der Waals surface area contributed by atoms with Gasteiger partial charge in [-0.1, -0.05) is 6.07 Å². The highest BCUT2D eigenvalue weighted by Crippen LogP contribution is 2.16. The van der Waals surface area contributed by atoms with Crippen LogP contribution in [0, 0.1) is 0 Å². The molecule has 0 aliphatic heterocycles. The van der Waals surface area contributed by atoms with Crippen LogP contribution in [0.25, 0.3) is 0 Å². The Morgan fingerprint density at radius 3 is 2.65 bits per heavy atom. The minimum Gasteiger partial charge on any atom is -0.308 e. The third-order valence-corrected chi connectivity index (χ3v) is 4.19. The Hall–Kier alpha value is -2.03. The van der Waals surface area contributed by atoms with Crippen molar-refractivity contribution in [2.24, 2.45) is 5.84 Å². The van der Waals surface area contributed by atoms with Gasteiger partial charge in [0.25, 0.3) is 0 Å². The lowest BCUT2D eigenvalue weighted by atomic mass is 10.2. The monoisotopic (exact) mass is 293 g/mol. The van der Waals surface area contributed by atoms with Crippen molar-refractivity contribution in [1.82, 2.24) is 14.7 Å². The fourth-order valence-electron chi connectivity index (χ4n) is 1.65. The molecule has 0 amide bonds. The fraction of sp³-hybridized carbons (Fsp3) is 0.167. The lowest BCUT2D eigenvalue weighted by Gasteiger charge is -2.14. The molecular formula is C12H15N5O2S. The second-order valence-electron chi connectivity index (χ2n) is 4.12. The summed E-state index contributed by atoms with van der Waals surface area (Å²) in [6.45, 7) is 1.73. The first-order chi connectivity index (χ1) is 9.53. The smallest absolute Gasteiger partial charge is 0.241 e. The normalized spacial score (nSPS) is 12.9. The van der Waals surface area contributed by atoms with Crippen LogP contribution in [-0.2, 0) is 10.0 Å². The van der Waals surface area contributed by atoms with Crippen molar-refractivity contribution in [2.45, 2.75) is 17.9 Å². The number of nitrogens with one attached hydrogen (secondary N) is 2. The maximum Gasteiger partial charge on any atom is 0.241 e. The van der Waals surface area contributed by atoms with Crippen LogP contribution in [0.1, 0.15) is 18.7 Å². The minimum atomic E-state index is -3.67. The first kappa shape index (κ1) is 14.4. The van der Waals surface area contributed by atoms with E-state index >= 15 is 0 Å². The topological polar surface area (TPSA) is 110 Å². The largest absolute Gasteiger partial charge is 0.308 e. The minimum absolute atomic E-state index is 0.0863. The third kappa shape index (κ3) is 3.29. The maximum absolute atomic E-state index is 12.2. The summed E-state index contributed by atoms with van der Waals surface area (Å²) in [5.74, 6) is 5.49. The molecule has 0 spiro atoms. The molecule has 0 radical (unpaired) electrons. The van der Waals surface area contributed by atoms with Crippen molar-refractivity contribution < 1.29 is 8.42 Å². The van der Waals surface area contributed by atoms with Gasteiger partial charge in [0.2, 0.25) is 10.0 Å². The molecule has 0 aliphatic carbocycles. The third-order valence-electron chi connectivity index (χ3n) is 2.65. The van der Waals surface area contributed by atoms with Crippen LogP contribution in [0.5, 0.6) is 0 Å². The first-order valence-electron chi connectivity index (χ1n) is 5.89. The zero-order chi connectivity index (χ0) is 14.6. The zero-order valence-electron chi connectivity index (χ0n) is 10.8. The summed E-state index contributed by atoms with van der Waals surface area (Å²) in [5, 5.41) is 0. The van der Waals surface area contributed by atoms with Gasteiger partial charge in [-0.25, -0.2) is 24.0 Å². The highest BCUT2D eigenvalue weighted by atomic mass is 32.2. The average molecular weight is 293 g/mol. The summed E-state index contributed by atoms with van der Waals surface area (Å²) in [4.78, 5) is 8.07. The Balaban J connectivity index is 2.23. The highest BCUT2D eigenvalue weighted by Gasteiger charge is 2.19. The molecule has 8 heteroatoms. The molecule has 20 heavy (non-hydrogen) atoms. The van der Waals surface area contributed by atoms with Gasteiger partial charge in [0.05, 0.1) is 16.6 Å². The van der Waals surface area contributed by atoms with Gasteiger partial charge in [0.15, 0.2) is 0 Å². The molecule has 4 N–H and O–H groups in total. The number of aromatic nitrogens is 2. The molecule has 0 aliphatic rings. The molecule has 0 saturated heterocycles. The van der Waals surface area contributed by atoms with Gasteiger partial charge in [-0.05, 0) is 25.1 Å². The Kier molecular flexibility index (Phi) is 4.28. The van der Waals surface area contributed by atoms with Crippen LogP contribution >= 0.6 is 0 Å². The Morgan fingerprint density at radius 1 is 1.20 bits per heavy atom. The van der Waals surface area contributed by atoms with E-state index in [-0.39, 0.29) is 10.7 Å². The highest BCUT2D eigenvalue weighted by molar-refractivity contribution is 7.89. The van der Waals surface area contributed by atoms with E-state index < -0.39 is 16.1 Å². The Morgan fingerprint density at radius 2 is 2.00 bits per heavy atom. The van der Waals surface area contributed by atoms with Gasteiger partial charge in [0, 0.05) is 18.5 Å². The summed E-state index contributed by atoms with van der Waals surface area (Å²) in [5.41, 5.74) is 2.95. The number of sulfonamides is 1. The van der Waals surface area contributed by atoms with E-state index in [0.717, 1.165) is 0 Å². The number of hydrogen-bond acceptors (Lipinski definition) is 6. The van der Waals surface area contributed by atoms with Crippen molar-refractivity contribution in [3.63, 3.8) is 0 Å². The van der Waals surface area contributed by atoms with E-state index in [1.807, 2.05) is 0 Å². The molecule has 2 heterocycles. The number of nitrogens with zero attached hydrogens (tertiary/aromatic N) is 2. The van der Waals surface area contributed by atoms with Gasteiger partial charge in [0.1, 0.15) is 5.82 Å². The van der Waals surface area contributed by atoms with Gasteiger partial charge in [-0.2, -0.15) is 0 Å². The molecule has 0 fully saturated rings. The summed E-state index contributed by atoms with van der Waals surface area (Å²) >= 11 is 0. The summed E-state index contributed by atoms with van der Waals surface area (Å²) in [6.07, 6.45) is 2.98. The number of hydrazine groups is 1. The quantitative estimate of drug-likeness (QED) is 0.555. The van der Waals surface area contributed by atoms with Crippen LogP contribution in [0.15, 0.2) is 47.6 Å². The van der Waals surface area contributed by atoms with Crippen molar-refractivity contribution in [3.8, 4) is 0 Å². The Bertz CT molecular complexity index is 675. The van der Waals surface area contributed by atoms with Crippen molar-refractivity contribution in [1.29, 1.82) is 0 Å². The summed E-state index contributed by atoms with van der Waals surface area (Å²) in [6, 6.07) is 7.64. The van der Waals surface area contributed by atoms with Crippen LogP contribution in [0.3, 0.4) is 0 Å². The lowest BCUT2D eigenvalue weighted by Crippen LogP contribution is -2.27. The molecule has 106 valence electrons. The zero-order valence-corrected chi connectivity index (χ0v) is 11.6. The molecule has 1 unspecified atom stereocenters. The van der Waals surface area contributed by atoms with E-state index in [0.29, 0.717) is 5.69 Å². The predicted octanol–water partition coefficient (Wildman–Crippen LogP) is 0.802. The summed E-state index contributed by atoms with van der Waals surface area (Å²) < 4.78 is 27.1. The van der Waals surface area contributed by atoms with Crippen LogP contribution in [0.2, 0.25) is 0 Å². The standard InChI is InChI=1S/C12H15N5O2S/c1-9(11-4-2-3-6-14-11)17-20(18,19)10-5-7-15-12(8-10)16-13/h2-9,17H,13H2,1H3,(H,15,16). The van der Waals surface area contributed by atoms with E-state index in [2.05, 4.69) is 20.1 Å². The molecule has 7 nitrogen and oxygen atoms in total. The number of pyridine rings is 2. The predicted molar refractivity (Wildman–Crippen MR) is 75.0 cm³/mol. The van der Waals surface area contributed by atoms with E-state index in [4.69, 9.17) is 5.84 Å². The molecule has 0 saturated carbocycles. The van der Waals surface area contributed by atoms with Crippen LogP contribution in [0.4, 0.5) is 5.82 Å². The van der Waals surface area contributed by atoms with E-state index in [1.165, 1.54) is 18.3 Å². The number of anilines is 1. The number of nitrogens with two attached hydrogens (primary N) is 1. The molecule has 2 aromatic rings. The van der Waals surface area contributed by atoms with Crippen molar-refractivity contribution in [2.75, 3.05) is 5.43 Å². The second-order valence-corrected chi connectivity index (χ2v) is 5.83. The van der Waals surface area contributed by atoms with Gasteiger partial charge in [-0.3, -0.25) is 4.98 Å². The average Bonchev–Trinajstić information content (AvgIpc) is 2.48. The van der Waals surface area contributed by atoms with Gasteiger partial charge < -0.3 is 5.43 Å². The molecule has 2 aromatic heterocycles. The van der Waals surface area contributed by atoms with Crippen LogP contribution in [-0.4, -0.2) is 18.4 Å². The SMILES string of the molecule is CC(NS(=O)(=O)c1ccnc(NN)c1)c1ccccn1. The molecule has 0 bridgehead atoms.